The molecule has 2 aromatic rings. The number of anilines is 1. The minimum Gasteiger partial charge on any atom is -0.481 e. The number of hydrogen-bond acceptors (Lipinski definition) is 5. The van der Waals surface area contributed by atoms with Crippen LogP contribution in [0.5, 0.6) is 11.8 Å². The quantitative estimate of drug-likeness (QED) is 0.912. The molecule has 1 N–H and O–H groups in total. The Morgan fingerprint density at radius 2 is 1.63 bits per heavy atom. The minimum atomic E-state index is 0.449. The van der Waals surface area contributed by atoms with E-state index in [0.29, 0.717) is 29.3 Å². The topological polar surface area (TPSA) is 56.3 Å². The monoisotopic (exact) mass is 279 g/mol. The van der Waals surface area contributed by atoms with Gasteiger partial charge in [-0.05, 0) is 17.7 Å². The number of methoxy groups -OCH3 is 2. The standard InChI is InChI=1S/C13H14ClN3O2/c1-18-11-7-12(19-2)17-13(16-11)15-8-9-3-5-10(14)6-4-9/h3-7H,8H2,1-2H3,(H,15,16,17). The molecule has 0 bridgehead atoms. The number of nitrogens with zero attached hydrogens (tertiary/aromatic N) is 2. The van der Waals surface area contributed by atoms with Crippen molar-refractivity contribution in [2.75, 3.05) is 19.5 Å². The van der Waals surface area contributed by atoms with E-state index in [1.165, 1.54) is 0 Å². The van der Waals surface area contributed by atoms with E-state index in [4.69, 9.17) is 21.1 Å². The van der Waals surface area contributed by atoms with Crippen molar-refractivity contribution in [1.82, 2.24) is 9.97 Å². The van der Waals surface area contributed by atoms with E-state index in [9.17, 15) is 0 Å². The van der Waals surface area contributed by atoms with E-state index in [1.54, 1.807) is 20.3 Å². The van der Waals surface area contributed by atoms with Gasteiger partial charge in [0.25, 0.3) is 0 Å². The molecule has 0 saturated carbocycles. The summed E-state index contributed by atoms with van der Waals surface area (Å²) >= 11 is 5.83. The molecule has 19 heavy (non-hydrogen) atoms. The molecule has 0 atom stereocenters. The normalized spacial score (nSPS) is 10.1. The molecule has 0 aliphatic heterocycles. The average molecular weight is 280 g/mol. The highest BCUT2D eigenvalue weighted by atomic mass is 35.5. The zero-order chi connectivity index (χ0) is 13.7. The average Bonchev–Trinajstić information content (AvgIpc) is 2.46. The molecule has 1 heterocycles. The van der Waals surface area contributed by atoms with Gasteiger partial charge in [0.2, 0.25) is 17.7 Å². The molecular formula is C13H14ClN3O2. The van der Waals surface area contributed by atoms with Crippen molar-refractivity contribution in [3.05, 3.63) is 40.9 Å². The summed E-state index contributed by atoms with van der Waals surface area (Å²) in [4.78, 5) is 8.36. The second kappa shape index (κ2) is 6.24. The van der Waals surface area contributed by atoms with Crippen LogP contribution in [0.1, 0.15) is 5.56 Å². The zero-order valence-corrected chi connectivity index (χ0v) is 11.4. The van der Waals surface area contributed by atoms with Gasteiger partial charge in [-0.15, -0.1) is 0 Å². The lowest BCUT2D eigenvalue weighted by molar-refractivity contribution is 0.373. The van der Waals surface area contributed by atoms with E-state index < -0.39 is 0 Å². The molecule has 0 amide bonds. The number of aromatic nitrogens is 2. The highest BCUT2D eigenvalue weighted by Gasteiger charge is 2.04. The van der Waals surface area contributed by atoms with Crippen molar-refractivity contribution < 1.29 is 9.47 Å². The van der Waals surface area contributed by atoms with Crippen molar-refractivity contribution in [3.8, 4) is 11.8 Å². The summed E-state index contributed by atoms with van der Waals surface area (Å²) in [6.07, 6.45) is 0. The first-order chi connectivity index (χ1) is 9.21. The van der Waals surface area contributed by atoms with Gasteiger partial charge < -0.3 is 14.8 Å². The summed E-state index contributed by atoms with van der Waals surface area (Å²) in [6, 6.07) is 9.17. The van der Waals surface area contributed by atoms with Crippen LogP contribution in [0.3, 0.4) is 0 Å². The lowest BCUT2D eigenvalue weighted by Gasteiger charge is -2.08. The van der Waals surface area contributed by atoms with Crippen LogP contribution in [-0.4, -0.2) is 24.2 Å². The number of halogens is 1. The lowest BCUT2D eigenvalue weighted by Crippen LogP contribution is -2.05. The van der Waals surface area contributed by atoms with Gasteiger partial charge in [0.05, 0.1) is 20.3 Å². The predicted molar refractivity (Wildman–Crippen MR) is 73.9 cm³/mol. The van der Waals surface area contributed by atoms with Gasteiger partial charge in [0.15, 0.2) is 0 Å². The molecule has 2 rings (SSSR count). The molecule has 1 aromatic heterocycles. The fourth-order valence-electron chi connectivity index (χ4n) is 1.48. The van der Waals surface area contributed by atoms with Gasteiger partial charge in [0, 0.05) is 11.6 Å². The van der Waals surface area contributed by atoms with Crippen LogP contribution in [0.15, 0.2) is 30.3 Å². The predicted octanol–water partition coefficient (Wildman–Crippen LogP) is 2.76. The lowest BCUT2D eigenvalue weighted by atomic mass is 10.2. The maximum absolute atomic E-state index is 5.83. The third kappa shape index (κ3) is 3.72. The van der Waals surface area contributed by atoms with Crippen LogP contribution < -0.4 is 14.8 Å². The Labute approximate surface area is 116 Å². The summed E-state index contributed by atoms with van der Waals surface area (Å²) < 4.78 is 10.2. The van der Waals surface area contributed by atoms with E-state index in [0.717, 1.165) is 5.56 Å². The fourth-order valence-corrected chi connectivity index (χ4v) is 1.60. The van der Waals surface area contributed by atoms with Crippen molar-refractivity contribution in [3.63, 3.8) is 0 Å². The molecule has 0 aliphatic carbocycles. The molecule has 0 fully saturated rings. The van der Waals surface area contributed by atoms with Crippen LogP contribution in [0.2, 0.25) is 5.02 Å². The Morgan fingerprint density at radius 3 is 2.16 bits per heavy atom. The van der Waals surface area contributed by atoms with Crippen LogP contribution >= 0.6 is 11.6 Å². The number of hydrogen-bond donors (Lipinski definition) is 1. The van der Waals surface area contributed by atoms with E-state index in [-0.39, 0.29) is 0 Å². The number of benzene rings is 1. The maximum Gasteiger partial charge on any atom is 0.229 e. The van der Waals surface area contributed by atoms with Gasteiger partial charge in [-0.2, -0.15) is 9.97 Å². The van der Waals surface area contributed by atoms with Gasteiger partial charge in [-0.1, -0.05) is 23.7 Å². The van der Waals surface area contributed by atoms with Crippen LogP contribution in [0.4, 0.5) is 5.95 Å². The van der Waals surface area contributed by atoms with Gasteiger partial charge in [0.1, 0.15) is 0 Å². The van der Waals surface area contributed by atoms with Crippen LogP contribution in [0.25, 0.3) is 0 Å². The Hall–Kier alpha value is -2.01. The molecule has 6 heteroatoms. The Kier molecular flexibility index (Phi) is 4.41. The molecule has 100 valence electrons. The van der Waals surface area contributed by atoms with Crippen molar-refractivity contribution in [2.24, 2.45) is 0 Å². The van der Waals surface area contributed by atoms with Crippen LogP contribution in [-0.2, 0) is 6.54 Å². The van der Waals surface area contributed by atoms with E-state index >= 15 is 0 Å². The first kappa shape index (κ1) is 13.4. The van der Waals surface area contributed by atoms with Gasteiger partial charge >= 0.3 is 0 Å². The number of ether oxygens (including phenoxy) is 2. The van der Waals surface area contributed by atoms with Gasteiger partial charge in [-0.25, -0.2) is 0 Å². The molecule has 5 nitrogen and oxygen atoms in total. The Balaban J connectivity index is 2.08. The molecule has 0 radical (unpaired) electrons. The molecule has 0 unspecified atom stereocenters. The second-order valence-corrected chi connectivity index (χ2v) is 4.19. The van der Waals surface area contributed by atoms with Crippen LogP contribution in [0, 0.1) is 0 Å². The molecule has 1 aromatic carbocycles. The zero-order valence-electron chi connectivity index (χ0n) is 10.7. The Bertz CT molecular complexity index is 524. The summed E-state index contributed by atoms with van der Waals surface area (Å²) in [5, 5.41) is 3.82. The first-order valence-corrected chi connectivity index (χ1v) is 6.04. The third-order valence-electron chi connectivity index (χ3n) is 2.46. The van der Waals surface area contributed by atoms with Crippen molar-refractivity contribution >= 4 is 17.5 Å². The highest BCUT2D eigenvalue weighted by Crippen LogP contribution is 2.18. The summed E-state index contributed by atoms with van der Waals surface area (Å²) in [6.45, 7) is 0.591. The molecule has 0 aliphatic rings. The summed E-state index contributed by atoms with van der Waals surface area (Å²) in [7, 11) is 3.09. The molecule has 0 saturated heterocycles. The van der Waals surface area contributed by atoms with Crippen molar-refractivity contribution in [1.29, 1.82) is 0 Å². The molecule has 0 spiro atoms. The summed E-state index contributed by atoms with van der Waals surface area (Å²) in [5.74, 6) is 1.35. The maximum atomic E-state index is 5.83. The van der Waals surface area contributed by atoms with E-state index in [1.807, 2.05) is 24.3 Å². The van der Waals surface area contributed by atoms with E-state index in [2.05, 4.69) is 15.3 Å². The van der Waals surface area contributed by atoms with Gasteiger partial charge in [-0.3, -0.25) is 0 Å². The van der Waals surface area contributed by atoms with Crippen molar-refractivity contribution in [2.45, 2.75) is 6.54 Å². The molecular weight excluding hydrogens is 266 g/mol. The third-order valence-corrected chi connectivity index (χ3v) is 2.71. The SMILES string of the molecule is COc1cc(OC)nc(NCc2ccc(Cl)cc2)n1. The second-order valence-electron chi connectivity index (χ2n) is 3.76. The Morgan fingerprint density at radius 1 is 1.05 bits per heavy atom. The fraction of sp³-hybridized carbons (Fsp3) is 0.231. The minimum absolute atomic E-state index is 0.449. The summed E-state index contributed by atoms with van der Waals surface area (Å²) in [5.41, 5.74) is 1.08. The largest absolute Gasteiger partial charge is 0.481 e. The highest BCUT2D eigenvalue weighted by molar-refractivity contribution is 6.30. The number of nitrogens with one attached hydrogen (secondary N) is 1. The smallest absolute Gasteiger partial charge is 0.229 e. The number of rotatable bonds is 5. The first-order valence-electron chi connectivity index (χ1n) is 5.66.